The van der Waals surface area contributed by atoms with Gasteiger partial charge in [0.15, 0.2) is 0 Å². The standard InChI is InChI=1S/C23H30N4O3S2/c1-14-3-4-19(15(2)7-14)32(29,30)24-6-5-20(28)25-22-27-26-21(31-22)23-11-16-8-17(12-23)10-18(9-16)13-23/h3-4,7,16-18,24H,5-6,8-13H2,1-2H3,(H,25,27,28). The number of sulfonamides is 1. The van der Waals surface area contributed by atoms with E-state index in [1.54, 1.807) is 19.1 Å². The average molecular weight is 475 g/mol. The van der Waals surface area contributed by atoms with Crippen molar-refractivity contribution in [1.82, 2.24) is 14.9 Å². The Morgan fingerprint density at radius 2 is 1.75 bits per heavy atom. The monoisotopic (exact) mass is 474 g/mol. The van der Waals surface area contributed by atoms with Crippen molar-refractivity contribution in [2.75, 3.05) is 11.9 Å². The quantitative estimate of drug-likeness (QED) is 0.633. The third-order valence-electron chi connectivity index (χ3n) is 7.43. The number of amides is 1. The van der Waals surface area contributed by atoms with Gasteiger partial charge in [-0.15, -0.1) is 10.2 Å². The Bertz CT molecular complexity index is 1110. The van der Waals surface area contributed by atoms with Crippen molar-refractivity contribution in [3.63, 3.8) is 0 Å². The fourth-order valence-electron chi connectivity index (χ4n) is 6.52. The fraction of sp³-hybridized carbons (Fsp3) is 0.609. The summed E-state index contributed by atoms with van der Waals surface area (Å²) in [6.45, 7) is 3.72. The maximum atomic E-state index is 12.5. The summed E-state index contributed by atoms with van der Waals surface area (Å²) in [7, 11) is -3.65. The van der Waals surface area contributed by atoms with Crippen molar-refractivity contribution < 1.29 is 13.2 Å². The predicted octanol–water partition coefficient (Wildman–Crippen LogP) is 3.93. The van der Waals surface area contributed by atoms with Crippen LogP contribution >= 0.6 is 11.3 Å². The molecule has 4 bridgehead atoms. The molecule has 4 aliphatic carbocycles. The summed E-state index contributed by atoms with van der Waals surface area (Å²) >= 11 is 1.50. The van der Waals surface area contributed by atoms with E-state index in [2.05, 4.69) is 20.2 Å². The number of hydrogen-bond acceptors (Lipinski definition) is 6. The molecule has 0 atom stereocenters. The van der Waals surface area contributed by atoms with E-state index in [-0.39, 0.29) is 29.2 Å². The van der Waals surface area contributed by atoms with Crippen LogP contribution in [-0.4, -0.2) is 31.1 Å². The van der Waals surface area contributed by atoms with Crippen molar-refractivity contribution in [1.29, 1.82) is 0 Å². The SMILES string of the molecule is Cc1ccc(S(=O)(=O)NCCC(=O)Nc2nnc(C34CC5CC(CC(C5)C3)C4)s2)c(C)c1. The molecule has 172 valence electrons. The van der Waals surface area contributed by atoms with Gasteiger partial charge in [0.1, 0.15) is 5.01 Å². The number of nitrogens with zero attached hydrogens (tertiary/aromatic N) is 2. The molecule has 0 unspecified atom stereocenters. The zero-order valence-electron chi connectivity index (χ0n) is 18.6. The van der Waals surface area contributed by atoms with Gasteiger partial charge in [0.2, 0.25) is 21.1 Å². The van der Waals surface area contributed by atoms with Crippen LogP contribution in [0.1, 0.15) is 61.1 Å². The summed E-state index contributed by atoms with van der Waals surface area (Å²) in [5, 5.41) is 13.1. The van der Waals surface area contributed by atoms with Crippen molar-refractivity contribution in [3.05, 3.63) is 34.3 Å². The van der Waals surface area contributed by atoms with Crippen LogP contribution in [0.4, 0.5) is 5.13 Å². The van der Waals surface area contributed by atoms with Crippen LogP contribution in [0.15, 0.2) is 23.1 Å². The molecule has 2 N–H and O–H groups in total. The summed E-state index contributed by atoms with van der Waals surface area (Å²) in [6.07, 6.45) is 7.79. The minimum atomic E-state index is -3.65. The second-order valence-corrected chi connectivity index (χ2v) is 12.8. The van der Waals surface area contributed by atoms with Gasteiger partial charge < -0.3 is 5.32 Å². The molecule has 1 amide bonds. The molecule has 0 saturated heterocycles. The summed E-state index contributed by atoms with van der Waals surface area (Å²) in [5.41, 5.74) is 1.86. The molecular formula is C23H30N4O3S2. The molecule has 9 heteroatoms. The lowest BCUT2D eigenvalue weighted by Gasteiger charge is -2.55. The largest absolute Gasteiger partial charge is 0.300 e. The van der Waals surface area contributed by atoms with Crippen LogP contribution in [0, 0.1) is 31.6 Å². The van der Waals surface area contributed by atoms with E-state index in [0.29, 0.717) is 10.7 Å². The van der Waals surface area contributed by atoms with Gasteiger partial charge >= 0.3 is 0 Å². The van der Waals surface area contributed by atoms with E-state index >= 15 is 0 Å². The molecule has 6 rings (SSSR count). The number of aromatic nitrogens is 2. The fourth-order valence-corrected chi connectivity index (χ4v) is 8.75. The summed E-state index contributed by atoms with van der Waals surface area (Å²) in [6, 6.07) is 5.20. The first kappa shape index (κ1) is 22.0. The van der Waals surface area contributed by atoms with Gasteiger partial charge in [0, 0.05) is 18.4 Å². The van der Waals surface area contributed by atoms with Crippen molar-refractivity contribution >= 4 is 32.4 Å². The van der Waals surface area contributed by atoms with Gasteiger partial charge in [-0.3, -0.25) is 4.79 Å². The van der Waals surface area contributed by atoms with Crippen LogP contribution in [0.3, 0.4) is 0 Å². The van der Waals surface area contributed by atoms with Crippen LogP contribution < -0.4 is 10.0 Å². The number of nitrogens with one attached hydrogen (secondary N) is 2. The van der Waals surface area contributed by atoms with Crippen molar-refractivity contribution in [2.45, 2.75) is 69.1 Å². The minimum absolute atomic E-state index is 0.0299. The maximum Gasteiger partial charge on any atom is 0.240 e. The molecule has 4 aliphatic rings. The van der Waals surface area contributed by atoms with Crippen molar-refractivity contribution in [3.8, 4) is 0 Å². The van der Waals surface area contributed by atoms with Crippen LogP contribution in [0.5, 0.6) is 0 Å². The van der Waals surface area contributed by atoms with Crippen LogP contribution in [0.25, 0.3) is 0 Å². The van der Waals surface area contributed by atoms with E-state index in [4.69, 9.17) is 0 Å². The Balaban J connectivity index is 1.17. The predicted molar refractivity (Wildman–Crippen MR) is 124 cm³/mol. The summed E-state index contributed by atoms with van der Waals surface area (Å²) < 4.78 is 27.6. The van der Waals surface area contributed by atoms with E-state index in [0.717, 1.165) is 28.3 Å². The second kappa shape index (κ2) is 8.18. The van der Waals surface area contributed by atoms with E-state index in [1.165, 1.54) is 49.9 Å². The zero-order valence-corrected chi connectivity index (χ0v) is 20.2. The van der Waals surface area contributed by atoms with Crippen molar-refractivity contribution in [2.24, 2.45) is 17.8 Å². The number of aryl methyl sites for hydroxylation is 2. The molecule has 1 heterocycles. The molecule has 4 fully saturated rings. The Hall–Kier alpha value is -1.84. The van der Waals surface area contributed by atoms with E-state index in [9.17, 15) is 13.2 Å². The molecule has 2 aromatic rings. The third kappa shape index (κ3) is 4.22. The molecular weight excluding hydrogens is 444 g/mol. The lowest BCUT2D eigenvalue weighted by atomic mass is 9.50. The molecule has 0 spiro atoms. The number of rotatable bonds is 7. The molecule has 0 radical (unpaired) electrons. The highest BCUT2D eigenvalue weighted by Gasteiger charge is 2.53. The van der Waals surface area contributed by atoms with Gasteiger partial charge in [-0.05, 0) is 81.8 Å². The summed E-state index contributed by atoms with van der Waals surface area (Å²) in [4.78, 5) is 12.6. The second-order valence-electron chi connectivity index (χ2n) is 10.1. The van der Waals surface area contributed by atoms with Crippen LogP contribution in [0.2, 0.25) is 0 Å². The number of carbonyl (C=O) groups excluding carboxylic acids is 1. The molecule has 7 nitrogen and oxygen atoms in total. The Labute approximate surface area is 193 Å². The summed E-state index contributed by atoms with van der Waals surface area (Å²) in [5.74, 6) is 2.22. The molecule has 4 saturated carbocycles. The number of carbonyl (C=O) groups is 1. The highest BCUT2D eigenvalue weighted by molar-refractivity contribution is 7.89. The molecule has 1 aromatic heterocycles. The number of benzene rings is 1. The lowest BCUT2D eigenvalue weighted by molar-refractivity contribution is -0.116. The first-order valence-electron chi connectivity index (χ1n) is 11.4. The first-order valence-corrected chi connectivity index (χ1v) is 13.7. The maximum absolute atomic E-state index is 12.5. The lowest BCUT2D eigenvalue weighted by Crippen LogP contribution is -2.48. The highest BCUT2D eigenvalue weighted by atomic mass is 32.2. The Kier molecular flexibility index (Phi) is 5.62. The normalized spacial score (nSPS) is 28.8. The van der Waals surface area contributed by atoms with Gasteiger partial charge in [-0.25, -0.2) is 13.1 Å². The first-order chi connectivity index (χ1) is 15.2. The van der Waals surface area contributed by atoms with Crippen LogP contribution in [-0.2, 0) is 20.2 Å². The zero-order chi connectivity index (χ0) is 22.5. The van der Waals surface area contributed by atoms with Gasteiger partial charge in [-0.1, -0.05) is 29.0 Å². The van der Waals surface area contributed by atoms with E-state index < -0.39 is 10.0 Å². The smallest absolute Gasteiger partial charge is 0.240 e. The number of anilines is 1. The highest BCUT2D eigenvalue weighted by Crippen LogP contribution is 2.61. The topological polar surface area (TPSA) is 101 Å². The Morgan fingerprint density at radius 3 is 2.38 bits per heavy atom. The van der Waals surface area contributed by atoms with E-state index in [1.807, 2.05) is 13.0 Å². The molecule has 32 heavy (non-hydrogen) atoms. The number of hydrogen-bond donors (Lipinski definition) is 2. The minimum Gasteiger partial charge on any atom is -0.300 e. The molecule has 0 aliphatic heterocycles. The third-order valence-corrected chi connectivity index (χ3v) is 10.1. The van der Waals surface area contributed by atoms with Gasteiger partial charge in [0.25, 0.3) is 0 Å². The van der Waals surface area contributed by atoms with Gasteiger partial charge in [0.05, 0.1) is 4.90 Å². The Morgan fingerprint density at radius 1 is 1.09 bits per heavy atom. The molecule has 1 aromatic carbocycles. The average Bonchev–Trinajstić information content (AvgIpc) is 3.16. The van der Waals surface area contributed by atoms with Gasteiger partial charge in [-0.2, -0.15) is 0 Å².